The quantitative estimate of drug-likeness (QED) is 0.644. The predicted octanol–water partition coefficient (Wildman–Crippen LogP) is 1.97. The van der Waals surface area contributed by atoms with Gasteiger partial charge in [0.1, 0.15) is 0 Å². The first kappa shape index (κ1) is 13.3. The fraction of sp³-hybridized carbons (Fsp3) is 1.00. The monoisotopic (exact) mass is 240 g/mol. The van der Waals surface area contributed by atoms with Crippen LogP contribution in [0.1, 0.15) is 41.5 Å². The molecule has 2 aliphatic rings. The minimum atomic E-state index is 0.244. The minimum absolute atomic E-state index is 0.244. The van der Waals surface area contributed by atoms with Crippen LogP contribution in [0.4, 0.5) is 0 Å². The molecular weight excluding hydrogens is 212 g/mol. The third-order valence-corrected chi connectivity index (χ3v) is 4.15. The van der Waals surface area contributed by atoms with Gasteiger partial charge in [-0.25, -0.2) is 0 Å². The van der Waals surface area contributed by atoms with Gasteiger partial charge in [-0.1, -0.05) is 0 Å². The van der Waals surface area contributed by atoms with Gasteiger partial charge in [0.25, 0.3) is 0 Å². The largest absolute Gasteiger partial charge is 0.377 e. The Morgan fingerprint density at radius 3 is 1.82 bits per heavy atom. The van der Waals surface area contributed by atoms with Gasteiger partial charge in [0, 0.05) is 30.7 Å². The average Bonchev–Trinajstić information content (AvgIpc) is 2.11. The summed E-state index contributed by atoms with van der Waals surface area (Å²) < 4.78 is 5.53. The van der Waals surface area contributed by atoms with E-state index in [0.717, 1.165) is 26.3 Å². The molecule has 17 heavy (non-hydrogen) atoms. The van der Waals surface area contributed by atoms with Crippen LogP contribution in [0.5, 0.6) is 0 Å². The van der Waals surface area contributed by atoms with Crippen LogP contribution in [0.25, 0.3) is 0 Å². The summed E-state index contributed by atoms with van der Waals surface area (Å²) in [7, 11) is 0. The van der Waals surface area contributed by atoms with E-state index in [-0.39, 0.29) is 16.6 Å². The van der Waals surface area contributed by atoms with Gasteiger partial charge >= 0.3 is 0 Å². The molecule has 2 rings (SSSR count). The van der Waals surface area contributed by atoms with Gasteiger partial charge < -0.3 is 4.74 Å². The van der Waals surface area contributed by atoms with E-state index in [1.165, 1.54) is 6.54 Å². The van der Waals surface area contributed by atoms with Crippen molar-refractivity contribution in [1.82, 2.24) is 9.80 Å². The second-order valence-corrected chi connectivity index (χ2v) is 7.63. The maximum absolute atomic E-state index is 5.53. The van der Waals surface area contributed by atoms with Crippen molar-refractivity contribution in [2.45, 2.75) is 58.2 Å². The highest BCUT2D eigenvalue weighted by molar-refractivity contribution is 5.07. The predicted molar refractivity (Wildman–Crippen MR) is 71.3 cm³/mol. The van der Waals surface area contributed by atoms with Crippen LogP contribution in [-0.2, 0) is 4.74 Å². The molecule has 0 bridgehead atoms. The Balaban J connectivity index is 2.16. The molecule has 2 saturated heterocycles. The van der Waals surface area contributed by atoms with E-state index in [0.29, 0.717) is 0 Å². The van der Waals surface area contributed by atoms with Crippen molar-refractivity contribution >= 4 is 0 Å². The molecule has 0 aliphatic carbocycles. The molecule has 3 heteroatoms. The second-order valence-electron chi connectivity index (χ2n) is 7.63. The maximum atomic E-state index is 5.53. The fourth-order valence-corrected chi connectivity index (χ4v) is 3.18. The number of rotatable bonds is 0. The number of hydrogen-bond acceptors (Lipinski definition) is 3. The average molecular weight is 240 g/mol. The Labute approximate surface area is 106 Å². The maximum Gasteiger partial charge on any atom is 0.0811 e. The standard InChI is InChI=1S/C14H28N2O/c1-12(2,3)15-7-8-16(13(4,5)6)14(9-15)10-17-11-14/h7-11H2,1-6H3. The highest BCUT2D eigenvalue weighted by Crippen LogP contribution is 2.36. The van der Waals surface area contributed by atoms with Crippen molar-refractivity contribution in [3.8, 4) is 0 Å². The Kier molecular flexibility index (Phi) is 3.08. The molecule has 0 aromatic rings. The highest BCUT2D eigenvalue weighted by atomic mass is 16.5. The molecule has 0 radical (unpaired) electrons. The summed E-state index contributed by atoms with van der Waals surface area (Å²) in [5, 5.41) is 0. The first-order valence-electron chi connectivity index (χ1n) is 6.76. The van der Waals surface area contributed by atoms with Crippen LogP contribution in [-0.4, -0.2) is 59.3 Å². The van der Waals surface area contributed by atoms with Crippen LogP contribution in [0.3, 0.4) is 0 Å². The van der Waals surface area contributed by atoms with Crippen molar-refractivity contribution in [3.63, 3.8) is 0 Å². The molecule has 3 nitrogen and oxygen atoms in total. The summed E-state index contributed by atoms with van der Waals surface area (Å²) >= 11 is 0. The third kappa shape index (κ3) is 2.38. The molecule has 1 spiro atoms. The number of piperazine rings is 1. The molecule has 100 valence electrons. The van der Waals surface area contributed by atoms with Gasteiger partial charge in [0.2, 0.25) is 0 Å². The van der Waals surface area contributed by atoms with Crippen LogP contribution in [0, 0.1) is 0 Å². The lowest BCUT2D eigenvalue weighted by Gasteiger charge is -2.61. The normalized spacial score (nSPS) is 27.2. The zero-order valence-corrected chi connectivity index (χ0v) is 12.3. The summed E-state index contributed by atoms with van der Waals surface area (Å²) in [6, 6.07) is 0. The summed E-state index contributed by atoms with van der Waals surface area (Å²) in [5.74, 6) is 0. The second kappa shape index (κ2) is 3.94. The Morgan fingerprint density at radius 2 is 1.47 bits per heavy atom. The molecule has 0 aromatic carbocycles. The zero-order chi connectivity index (χ0) is 12.9. The lowest BCUT2D eigenvalue weighted by atomic mass is 9.85. The van der Waals surface area contributed by atoms with Gasteiger partial charge in [-0.15, -0.1) is 0 Å². The van der Waals surface area contributed by atoms with Gasteiger partial charge in [-0.2, -0.15) is 0 Å². The first-order chi connectivity index (χ1) is 7.65. The van der Waals surface area contributed by atoms with Crippen LogP contribution in [0.2, 0.25) is 0 Å². The smallest absolute Gasteiger partial charge is 0.0811 e. The van der Waals surface area contributed by atoms with Crippen LogP contribution in [0.15, 0.2) is 0 Å². The Morgan fingerprint density at radius 1 is 0.882 bits per heavy atom. The van der Waals surface area contributed by atoms with Crippen molar-refractivity contribution in [2.24, 2.45) is 0 Å². The molecule has 2 heterocycles. The van der Waals surface area contributed by atoms with E-state index in [1.54, 1.807) is 0 Å². The van der Waals surface area contributed by atoms with Gasteiger partial charge in [-0.3, -0.25) is 9.80 Å². The fourth-order valence-electron chi connectivity index (χ4n) is 3.18. The molecule has 0 N–H and O–H groups in total. The molecule has 0 amide bonds. The van der Waals surface area contributed by atoms with Crippen molar-refractivity contribution < 1.29 is 4.74 Å². The van der Waals surface area contributed by atoms with E-state index >= 15 is 0 Å². The summed E-state index contributed by atoms with van der Waals surface area (Å²) in [5.41, 5.74) is 0.782. The van der Waals surface area contributed by atoms with Gasteiger partial charge in [0.05, 0.1) is 18.8 Å². The number of hydrogen-bond donors (Lipinski definition) is 0. The molecule has 2 fully saturated rings. The Hall–Kier alpha value is -0.120. The van der Waals surface area contributed by atoms with E-state index in [4.69, 9.17) is 4.74 Å². The molecule has 0 atom stereocenters. The molecular formula is C14H28N2O. The first-order valence-corrected chi connectivity index (χ1v) is 6.76. The van der Waals surface area contributed by atoms with E-state index in [2.05, 4.69) is 51.3 Å². The van der Waals surface area contributed by atoms with Crippen LogP contribution < -0.4 is 0 Å². The number of ether oxygens (including phenoxy) is 1. The van der Waals surface area contributed by atoms with E-state index < -0.39 is 0 Å². The molecule has 0 unspecified atom stereocenters. The summed E-state index contributed by atoms with van der Waals surface area (Å²) in [6.45, 7) is 19.2. The molecule has 0 aromatic heterocycles. The van der Waals surface area contributed by atoms with Crippen molar-refractivity contribution in [3.05, 3.63) is 0 Å². The Bertz CT molecular complexity index is 284. The molecule has 2 aliphatic heterocycles. The van der Waals surface area contributed by atoms with Crippen LogP contribution >= 0.6 is 0 Å². The SMILES string of the molecule is CC(C)(C)N1CCN(C(C)(C)C)C2(COC2)C1. The van der Waals surface area contributed by atoms with Gasteiger partial charge in [0.15, 0.2) is 0 Å². The third-order valence-electron chi connectivity index (χ3n) is 4.15. The topological polar surface area (TPSA) is 15.7 Å². The van der Waals surface area contributed by atoms with E-state index in [9.17, 15) is 0 Å². The lowest BCUT2D eigenvalue weighted by Crippen LogP contribution is -2.76. The number of nitrogens with zero attached hydrogens (tertiary/aromatic N) is 2. The van der Waals surface area contributed by atoms with E-state index in [1.807, 2.05) is 0 Å². The zero-order valence-electron chi connectivity index (χ0n) is 12.3. The van der Waals surface area contributed by atoms with Crippen molar-refractivity contribution in [2.75, 3.05) is 32.8 Å². The van der Waals surface area contributed by atoms with Crippen molar-refractivity contribution in [1.29, 1.82) is 0 Å². The minimum Gasteiger partial charge on any atom is -0.377 e. The summed E-state index contributed by atoms with van der Waals surface area (Å²) in [6.07, 6.45) is 0. The highest BCUT2D eigenvalue weighted by Gasteiger charge is 2.52. The van der Waals surface area contributed by atoms with Gasteiger partial charge in [-0.05, 0) is 41.5 Å². The molecule has 0 saturated carbocycles. The summed E-state index contributed by atoms with van der Waals surface area (Å²) in [4.78, 5) is 5.27. The lowest BCUT2D eigenvalue weighted by molar-refractivity contribution is -0.202.